The van der Waals surface area contributed by atoms with Crippen molar-refractivity contribution in [1.82, 2.24) is 0 Å². The monoisotopic (exact) mass is 286 g/mol. The number of rotatable bonds is 0. The van der Waals surface area contributed by atoms with Gasteiger partial charge in [0.05, 0.1) is 10.8 Å². The number of hydrogen-bond acceptors (Lipinski definition) is 3. The molecule has 2 aromatic heterocycles. The lowest BCUT2D eigenvalue weighted by Gasteiger charge is -2.02. The van der Waals surface area contributed by atoms with E-state index < -0.39 is 0 Å². The largest absolute Gasteiger partial charge is 0.455 e. The standard InChI is InChI=1S/C19H10O3/c20-19-14-7-2-1-6-12(14)17-16(22-19)10-9-13-11-5-3-4-8-15(11)21-18(13)17/h1-10H. The second-order valence-corrected chi connectivity index (χ2v) is 5.35. The lowest BCUT2D eigenvalue weighted by molar-refractivity contribution is 0.569. The summed E-state index contributed by atoms with van der Waals surface area (Å²) in [4.78, 5) is 12.1. The van der Waals surface area contributed by atoms with E-state index in [9.17, 15) is 4.79 Å². The van der Waals surface area contributed by atoms with E-state index in [0.717, 1.165) is 32.7 Å². The van der Waals surface area contributed by atoms with Gasteiger partial charge < -0.3 is 8.83 Å². The number of furan rings is 1. The number of benzene rings is 3. The summed E-state index contributed by atoms with van der Waals surface area (Å²) < 4.78 is 11.5. The minimum absolute atomic E-state index is 0.321. The summed E-state index contributed by atoms with van der Waals surface area (Å²) in [6.45, 7) is 0. The Labute approximate surface area is 124 Å². The van der Waals surface area contributed by atoms with Gasteiger partial charge in [-0.05, 0) is 24.3 Å². The number of para-hydroxylation sites is 1. The first kappa shape index (κ1) is 11.6. The van der Waals surface area contributed by atoms with Crippen molar-refractivity contribution in [3.05, 3.63) is 71.1 Å². The average Bonchev–Trinajstić information content (AvgIpc) is 2.93. The van der Waals surface area contributed by atoms with Crippen LogP contribution in [0.5, 0.6) is 0 Å². The third-order valence-corrected chi connectivity index (χ3v) is 4.13. The molecule has 0 unspecified atom stereocenters. The molecule has 5 aromatic rings. The highest BCUT2D eigenvalue weighted by Gasteiger charge is 2.14. The van der Waals surface area contributed by atoms with E-state index in [1.54, 1.807) is 6.07 Å². The molecule has 3 aromatic carbocycles. The summed E-state index contributed by atoms with van der Waals surface area (Å²) >= 11 is 0. The lowest BCUT2D eigenvalue weighted by atomic mass is 10.0. The second-order valence-electron chi connectivity index (χ2n) is 5.35. The molecule has 0 atom stereocenters. The highest BCUT2D eigenvalue weighted by Crippen LogP contribution is 2.36. The summed E-state index contributed by atoms with van der Waals surface area (Å²) in [5.41, 5.74) is 1.83. The molecule has 2 heterocycles. The summed E-state index contributed by atoms with van der Waals surface area (Å²) in [5, 5.41) is 4.38. The molecule has 0 spiro atoms. The van der Waals surface area contributed by atoms with Crippen molar-refractivity contribution in [2.24, 2.45) is 0 Å². The Bertz CT molecular complexity index is 1240. The van der Waals surface area contributed by atoms with E-state index in [2.05, 4.69) is 0 Å². The van der Waals surface area contributed by atoms with Crippen molar-refractivity contribution in [3.8, 4) is 0 Å². The van der Waals surface area contributed by atoms with Crippen LogP contribution < -0.4 is 5.63 Å². The van der Waals surface area contributed by atoms with Crippen LogP contribution in [0, 0.1) is 0 Å². The number of fused-ring (bicyclic) bond motifs is 7. The summed E-state index contributed by atoms with van der Waals surface area (Å²) in [6, 6.07) is 19.2. The molecular formula is C19H10O3. The van der Waals surface area contributed by atoms with Gasteiger partial charge >= 0.3 is 5.63 Å². The fourth-order valence-corrected chi connectivity index (χ4v) is 3.14. The van der Waals surface area contributed by atoms with Gasteiger partial charge in [0.25, 0.3) is 0 Å². The Hall–Kier alpha value is -3.07. The lowest BCUT2D eigenvalue weighted by Crippen LogP contribution is -1.99. The first-order valence-corrected chi connectivity index (χ1v) is 7.09. The first-order valence-electron chi connectivity index (χ1n) is 7.09. The Kier molecular flexibility index (Phi) is 2.09. The summed E-state index contributed by atoms with van der Waals surface area (Å²) in [7, 11) is 0. The summed E-state index contributed by atoms with van der Waals surface area (Å²) in [6.07, 6.45) is 0. The minimum atomic E-state index is -0.321. The molecule has 0 saturated carbocycles. The van der Waals surface area contributed by atoms with Crippen molar-refractivity contribution in [3.63, 3.8) is 0 Å². The van der Waals surface area contributed by atoms with Gasteiger partial charge in [0, 0.05) is 16.2 Å². The minimum Gasteiger partial charge on any atom is -0.455 e. The maximum Gasteiger partial charge on any atom is 0.344 e. The van der Waals surface area contributed by atoms with Gasteiger partial charge in [0.1, 0.15) is 16.7 Å². The van der Waals surface area contributed by atoms with Crippen molar-refractivity contribution in [2.45, 2.75) is 0 Å². The maximum absolute atomic E-state index is 12.1. The van der Waals surface area contributed by atoms with Gasteiger partial charge in [0.15, 0.2) is 0 Å². The van der Waals surface area contributed by atoms with E-state index in [4.69, 9.17) is 8.83 Å². The molecule has 22 heavy (non-hydrogen) atoms. The van der Waals surface area contributed by atoms with Gasteiger partial charge in [-0.3, -0.25) is 0 Å². The van der Waals surface area contributed by atoms with E-state index in [-0.39, 0.29) is 5.63 Å². The molecule has 0 radical (unpaired) electrons. The highest BCUT2D eigenvalue weighted by molar-refractivity contribution is 6.21. The van der Waals surface area contributed by atoms with Gasteiger partial charge in [-0.15, -0.1) is 0 Å². The molecular weight excluding hydrogens is 276 g/mol. The molecule has 0 aliphatic rings. The summed E-state index contributed by atoms with van der Waals surface area (Å²) in [5.74, 6) is 0. The molecule has 3 heteroatoms. The van der Waals surface area contributed by atoms with Gasteiger partial charge in [-0.2, -0.15) is 0 Å². The third kappa shape index (κ3) is 1.37. The van der Waals surface area contributed by atoms with Crippen LogP contribution in [-0.2, 0) is 0 Å². The Morgan fingerprint density at radius 1 is 0.591 bits per heavy atom. The first-order chi connectivity index (χ1) is 10.8. The smallest absolute Gasteiger partial charge is 0.344 e. The normalized spacial score (nSPS) is 11.8. The van der Waals surface area contributed by atoms with Crippen LogP contribution in [-0.4, -0.2) is 0 Å². The molecule has 0 amide bonds. The number of hydrogen-bond donors (Lipinski definition) is 0. The molecule has 0 aliphatic heterocycles. The fraction of sp³-hybridized carbons (Fsp3) is 0. The van der Waals surface area contributed by atoms with Crippen molar-refractivity contribution < 1.29 is 8.83 Å². The van der Waals surface area contributed by atoms with Crippen molar-refractivity contribution >= 4 is 43.7 Å². The zero-order valence-electron chi connectivity index (χ0n) is 11.5. The van der Waals surface area contributed by atoms with Crippen molar-refractivity contribution in [2.75, 3.05) is 0 Å². The van der Waals surface area contributed by atoms with E-state index in [0.29, 0.717) is 11.0 Å². The highest BCUT2D eigenvalue weighted by atomic mass is 16.4. The zero-order chi connectivity index (χ0) is 14.7. The predicted molar refractivity (Wildman–Crippen MR) is 87.3 cm³/mol. The van der Waals surface area contributed by atoms with E-state index >= 15 is 0 Å². The van der Waals surface area contributed by atoms with Gasteiger partial charge in [0.2, 0.25) is 0 Å². The van der Waals surface area contributed by atoms with Gasteiger partial charge in [-0.1, -0.05) is 36.4 Å². The fourth-order valence-electron chi connectivity index (χ4n) is 3.14. The quantitative estimate of drug-likeness (QED) is 0.302. The topological polar surface area (TPSA) is 43.4 Å². The molecule has 0 bridgehead atoms. The van der Waals surface area contributed by atoms with Crippen LogP contribution in [0.2, 0.25) is 0 Å². The van der Waals surface area contributed by atoms with E-state index in [1.165, 1.54) is 0 Å². The second kappa shape index (κ2) is 3.98. The van der Waals surface area contributed by atoms with Crippen LogP contribution in [0.3, 0.4) is 0 Å². The Morgan fingerprint density at radius 2 is 1.32 bits per heavy atom. The predicted octanol–water partition coefficient (Wildman–Crippen LogP) is 4.85. The zero-order valence-corrected chi connectivity index (χ0v) is 11.5. The third-order valence-electron chi connectivity index (χ3n) is 4.13. The SMILES string of the molecule is O=c1oc2ccc3c4ccccc4oc3c2c2ccccc12. The van der Waals surface area contributed by atoms with Gasteiger partial charge in [-0.25, -0.2) is 4.79 Å². The molecule has 0 fully saturated rings. The maximum atomic E-state index is 12.1. The average molecular weight is 286 g/mol. The van der Waals surface area contributed by atoms with Crippen molar-refractivity contribution in [1.29, 1.82) is 0 Å². The van der Waals surface area contributed by atoms with Crippen LogP contribution in [0.15, 0.2) is 74.3 Å². The van der Waals surface area contributed by atoms with Crippen LogP contribution in [0.25, 0.3) is 43.7 Å². The molecule has 5 rings (SSSR count). The van der Waals surface area contributed by atoms with E-state index in [1.807, 2.05) is 54.6 Å². The molecule has 3 nitrogen and oxygen atoms in total. The van der Waals surface area contributed by atoms with Crippen LogP contribution in [0.4, 0.5) is 0 Å². The van der Waals surface area contributed by atoms with Crippen LogP contribution >= 0.6 is 0 Å². The molecule has 0 aliphatic carbocycles. The molecule has 0 N–H and O–H groups in total. The molecule has 0 saturated heterocycles. The Balaban J connectivity index is 2.17. The van der Waals surface area contributed by atoms with Crippen LogP contribution in [0.1, 0.15) is 0 Å². The molecule has 104 valence electrons. The Morgan fingerprint density at radius 3 is 2.18 bits per heavy atom.